The van der Waals surface area contributed by atoms with Crippen molar-refractivity contribution in [3.05, 3.63) is 35.4 Å². The topological polar surface area (TPSA) is 3.24 Å². The van der Waals surface area contributed by atoms with Gasteiger partial charge in [-0.1, -0.05) is 51.5 Å². The van der Waals surface area contributed by atoms with Crippen LogP contribution in [0.25, 0.3) is 0 Å². The summed E-state index contributed by atoms with van der Waals surface area (Å²) in [5, 5.41) is 0. The molecule has 2 rings (SSSR count). The molecule has 1 heteroatoms. The quantitative estimate of drug-likeness (QED) is 0.763. The lowest BCUT2D eigenvalue weighted by molar-refractivity contribution is 0.201. The molecule has 0 unspecified atom stereocenters. The molecule has 1 aliphatic heterocycles. The van der Waals surface area contributed by atoms with Gasteiger partial charge in [-0.3, -0.25) is 0 Å². The Morgan fingerprint density at radius 3 is 2.26 bits per heavy atom. The van der Waals surface area contributed by atoms with Gasteiger partial charge in [-0.15, -0.1) is 0 Å². The fourth-order valence-corrected chi connectivity index (χ4v) is 2.54. The maximum Gasteiger partial charge on any atom is -0.00163 e. The van der Waals surface area contributed by atoms with Gasteiger partial charge in [-0.2, -0.15) is 0 Å². The predicted octanol–water partition coefficient (Wildman–Crippen LogP) is 4.69. The molecule has 0 N–H and O–H groups in total. The summed E-state index contributed by atoms with van der Waals surface area (Å²) in [6.07, 6.45) is 5.28. The molecule has 19 heavy (non-hydrogen) atoms. The monoisotopic (exact) mass is 261 g/mol. The van der Waals surface area contributed by atoms with Gasteiger partial charge in [-0.25, -0.2) is 0 Å². The first-order valence-electron chi connectivity index (χ1n) is 7.94. The van der Waals surface area contributed by atoms with Crippen LogP contribution in [-0.2, 0) is 6.42 Å². The summed E-state index contributed by atoms with van der Waals surface area (Å²) in [6, 6.07) is 8.58. The van der Waals surface area contributed by atoms with Crippen LogP contribution in [0.4, 0.5) is 0 Å². The van der Waals surface area contributed by atoms with Gasteiger partial charge in [0.1, 0.15) is 0 Å². The van der Waals surface area contributed by atoms with Crippen molar-refractivity contribution in [2.45, 2.75) is 53.4 Å². The van der Waals surface area contributed by atoms with Crippen molar-refractivity contribution in [2.75, 3.05) is 19.6 Å². The van der Waals surface area contributed by atoms with E-state index >= 15 is 0 Å². The molecule has 1 aromatic rings. The lowest BCUT2D eigenvalue weighted by atomic mass is 9.99. The molecule has 1 aromatic carbocycles. The van der Waals surface area contributed by atoms with E-state index in [4.69, 9.17) is 0 Å². The van der Waals surface area contributed by atoms with E-state index in [0.717, 1.165) is 5.92 Å². The summed E-state index contributed by atoms with van der Waals surface area (Å²) in [7, 11) is 0. The minimum absolute atomic E-state index is 0.979. The van der Waals surface area contributed by atoms with Gasteiger partial charge >= 0.3 is 0 Å². The van der Waals surface area contributed by atoms with Gasteiger partial charge in [0.05, 0.1) is 0 Å². The fourth-order valence-electron chi connectivity index (χ4n) is 2.54. The first kappa shape index (κ1) is 16.2. The Kier molecular flexibility index (Phi) is 7.81. The summed E-state index contributed by atoms with van der Waals surface area (Å²) in [5.74, 6) is 0.979. The van der Waals surface area contributed by atoms with Crippen molar-refractivity contribution in [1.82, 2.24) is 4.90 Å². The smallest absolute Gasteiger partial charge is 0.00163 e. The molecule has 0 spiro atoms. The number of aryl methyl sites for hydroxylation is 2. The normalized spacial score (nSPS) is 16.8. The third-order valence-electron chi connectivity index (χ3n) is 4.10. The maximum atomic E-state index is 2.53. The first-order chi connectivity index (χ1) is 9.17. The van der Waals surface area contributed by atoms with Crippen molar-refractivity contribution >= 4 is 0 Å². The summed E-state index contributed by atoms with van der Waals surface area (Å²) in [6.45, 7) is 12.9. The highest BCUT2D eigenvalue weighted by molar-refractivity contribution is 5.25. The van der Waals surface area contributed by atoms with E-state index in [1.54, 1.807) is 0 Å². The van der Waals surface area contributed by atoms with Crippen molar-refractivity contribution < 1.29 is 0 Å². The second-order valence-electron chi connectivity index (χ2n) is 5.79. The van der Waals surface area contributed by atoms with Gasteiger partial charge in [0.2, 0.25) is 0 Å². The number of hydrogen-bond acceptors (Lipinski definition) is 1. The molecular formula is C18H31N. The Labute approximate surface area is 120 Å². The Hall–Kier alpha value is -0.820. The molecule has 1 fully saturated rings. The molecule has 0 amide bonds. The number of benzene rings is 1. The molecule has 0 aliphatic carbocycles. The summed E-state index contributed by atoms with van der Waals surface area (Å²) >= 11 is 0. The molecule has 1 saturated heterocycles. The van der Waals surface area contributed by atoms with Gasteiger partial charge in [0, 0.05) is 0 Å². The van der Waals surface area contributed by atoms with Crippen molar-refractivity contribution in [1.29, 1.82) is 0 Å². The van der Waals surface area contributed by atoms with Gasteiger partial charge < -0.3 is 4.90 Å². The number of hydrogen-bond donors (Lipinski definition) is 0. The zero-order chi connectivity index (χ0) is 14.1. The van der Waals surface area contributed by atoms with Crippen LogP contribution in [0.5, 0.6) is 0 Å². The van der Waals surface area contributed by atoms with E-state index < -0.39 is 0 Å². The Morgan fingerprint density at radius 2 is 1.74 bits per heavy atom. The maximum absolute atomic E-state index is 2.53. The molecule has 0 atom stereocenters. The van der Waals surface area contributed by atoms with Gasteiger partial charge in [0.25, 0.3) is 0 Å². The number of likely N-dealkylation sites (tertiary alicyclic amines) is 1. The van der Waals surface area contributed by atoms with E-state index in [0.29, 0.717) is 0 Å². The van der Waals surface area contributed by atoms with E-state index in [9.17, 15) is 0 Å². The van der Waals surface area contributed by atoms with E-state index in [1.807, 2.05) is 0 Å². The van der Waals surface area contributed by atoms with Crippen LogP contribution in [0.2, 0.25) is 0 Å². The highest BCUT2D eigenvalue weighted by atomic mass is 15.1. The molecule has 0 aromatic heterocycles. The number of piperidine rings is 1. The molecule has 108 valence electrons. The van der Waals surface area contributed by atoms with Crippen LogP contribution in [0, 0.1) is 12.8 Å². The lowest BCUT2D eigenvalue weighted by Gasteiger charge is -2.28. The molecule has 0 radical (unpaired) electrons. The third-order valence-corrected chi connectivity index (χ3v) is 4.10. The first-order valence-corrected chi connectivity index (χ1v) is 7.94. The van der Waals surface area contributed by atoms with Crippen molar-refractivity contribution in [2.24, 2.45) is 5.92 Å². The van der Waals surface area contributed by atoms with Crippen LogP contribution in [-0.4, -0.2) is 24.5 Å². The SMILES string of the molecule is CCCc1ccccc1C.CCN1CCC(C)CC1. The summed E-state index contributed by atoms with van der Waals surface area (Å²) < 4.78 is 0. The van der Waals surface area contributed by atoms with Crippen LogP contribution in [0.15, 0.2) is 24.3 Å². The van der Waals surface area contributed by atoms with Gasteiger partial charge in [-0.05, 0) is 62.9 Å². The Morgan fingerprint density at radius 1 is 1.11 bits per heavy atom. The molecule has 0 saturated carbocycles. The molecule has 1 aliphatic rings. The van der Waals surface area contributed by atoms with Crippen LogP contribution >= 0.6 is 0 Å². The summed E-state index contributed by atoms with van der Waals surface area (Å²) in [4.78, 5) is 2.53. The number of nitrogens with zero attached hydrogens (tertiary/aromatic N) is 1. The van der Waals surface area contributed by atoms with Crippen LogP contribution in [0.1, 0.15) is 51.2 Å². The van der Waals surface area contributed by atoms with E-state index in [2.05, 4.69) is 56.9 Å². The van der Waals surface area contributed by atoms with Crippen molar-refractivity contribution in [3.8, 4) is 0 Å². The Balaban J connectivity index is 0.000000191. The number of rotatable bonds is 3. The third kappa shape index (κ3) is 6.24. The minimum Gasteiger partial charge on any atom is -0.304 e. The predicted molar refractivity (Wildman–Crippen MR) is 85.7 cm³/mol. The molecular weight excluding hydrogens is 230 g/mol. The average molecular weight is 261 g/mol. The zero-order valence-electron chi connectivity index (χ0n) is 13.3. The molecule has 0 bridgehead atoms. The molecule has 1 nitrogen and oxygen atoms in total. The lowest BCUT2D eigenvalue weighted by Crippen LogP contribution is -2.32. The largest absolute Gasteiger partial charge is 0.304 e. The second-order valence-corrected chi connectivity index (χ2v) is 5.79. The average Bonchev–Trinajstić information content (AvgIpc) is 2.43. The van der Waals surface area contributed by atoms with Crippen LogP contribution in [0.3, 0.4) is 0 Å². The Bertz CT molecular complexity index is 337. The second kappa shape index (κ2) is 9.14. The van der Waals surface area contributed by atoms with Crippen LogP contribution < -0.4 is 0 Å². The standard InChI is InChI=1S/C10H14.C8H17N/c1-3-6-10-8-5-4-7-9(10)2;1-3-9-6-4-8(2)5-7-9/h4-5,7-8H,3,6H2,1-2H3;8H,3-7H2,1-2H3. The van der Waals surface area contributed by atoms with E-state index in [-0.39, 0.29) is 0 Å². The fraction of sp³-hybridized carbons (Fsp3) is 0.667. The molecule has 1 heterocycles. The van der Waals surface area contributed by atoms with Gasteiger partial charge in [0.15, 0.2) is 0 Å². The minimum atomic E-state index is 0.979. The highest BCUT2D eigenvalue weighted by Gasteiger charge is 2.12. The zero-order valence-corrected chi connectivity index (χ0v) is 13.3. The van der Waals surface area contributed by atoms with Crippen molar-refractivity contribution in [3.63, 3.8) is 0 Å². The van der Waals surface area contributed by atoms with E-state index in [1.165, 1.54) is 56.4 Å². The highest BCUT2D eigenvalue weighted by Crippen LogP contribution is 2.14. The summed E-state index contributed by atoms with van der Waals surface area (Å²) in [5.41, 5.74) is 2.91.